The molecule has 0 aliphatic carbocycles. The van der Waals surface area contributed by atoms with Crippen LogP contribution < -0.4 is 10.6 Å². The maximum Gasteiger partial charge on any atom is 0.408 e. The lowest BCUT2D eigenvalue weighted by Gasteiger charge is -2.18. The number of aromatic nitrogens is 4. The second-order valence-electron chi connectivity index (χ2n) is 4.92. The van der Waals surface area contributed by atoms with Crippen molar-refractivity contribution < 1.29 is 20.0 Å². The van der Waals surface area contributed by atoms with Gasteiger partial charge in [-0.05, 0) is 32.8 Å². The molecule has 0 radical (unpaired) electrons. The van der Waals surface area contributed by atoms with Gasteiger partial charge >= 0.3 is 6.18 Å². The largest absolute Gasteiger partial charge is 0.408 e. The molecule has 0 unspecified atom stereocenters. The maximum absolute atomic E-state index is 13.2. The molecule has 0 saturated carbocycles. The van der Waals surface area contributed by atoms with E-state index in [1.807, 2.05) is 0 Å². The third-order valence-electron chi connectivity index (χ3n) is 2.47. The van der Waals surface area contributed by atoms with Crippen molar-refractivity contribution in [3.05, 3.63) is 23.3 Å². The summed E-state index contributed by atoms with van der Waals surface area (Å²) in [5.74, 6) is -1.21. The minimum absolute atomic E-state index is 0.148. The van der Waals surface area contributed by atoms with Crippen molar-refractivity contribution in [3.63, 3.8) is 0 Å². The third-order valence-corrected chi connectivity index (χ3v) is 2.66. The van der Waals surface area contributed by atoms with Gasteiger partial charge in [0, 0.05) is 10.2 Å². The Morgan fingerprint density at radius 3 is 2.42 bits per heavy atom. The predicted octanol–water partition coefficient (Wildman–Crippen LogP) is 3.77. The Labute approximate surface area is 148 Å². The molecule has 10 heteroatoms. The van der Waals surface area contributed by atoms with Gasteiger partial charge in [0.15, 0.2) is 5.82 Å². The van der Waals surface area contributed by atoms with Gasteiger partial charge in [0.2, 0.25) is 11.9 Å². The van der Waals surface area contributed by atoms with Gasteiger partial charge < -0.3 is 10.6 Å². The van der Waals surface area contributed by atoms with Crippen LogP contribution in [0.3, 0.4) is 0 Å². The van der Waals surface area contributed by atoms with Crippen molar-refractivity contribution in [3.8, 4) is 11.5 Å². The van der Waals surface area contributed by atoms with Gasteiger partial charge in [-0.25, -0.2) is 4.98 Å². The minimum Gasteiger partial charge on any atom is -0.352 e. The van der Waals surface area contributed by atoms with E-state index in [1.165, 1.54) is 0 Å². The van der Waals surface area contributed by atoms with Crippen LogP contribution in [0.5, 0.6) is 0 Å². The molecule has 2 heterocycles. The van der Waals surface area contributed by atoms with E-state index in [-0.39, 0.29) is 34.7 Å². The Hall–Kier alpha value is -2.16. The normalized spacial score (nSPS) is 16.5. The molecule has 0 fully saturated rings. The average Bonchev–Trinajstić information content (AvgIpc) is 2.53. The van der Waals surface area contributed by atoms with Crippen LogP contribution in [0.25, 0.3) is 11.5 Å². The van der Waals surface area contributed by atoms with Crippen LogP contribution in [-0.4, -0.2) is 38.2 Å². The summed E-state index contributed by atoms with van der Waals surface area (Å²) in [6, 6.07) is -2.77. The monoisotopic (exact) mass is 365 g/mol. The molecular formula is C14H16ClF3N6. The Morgan fingerprint density at radius 2 is 1.83 bits per heavy atom. The second-order valence-corrected chi connectivity index (χ2v) is 5.31. The third kappa shape index (κ3) is 4.92. The highest BCUT2D eigenvalue weighted by molar-refractivity contribution is 6.29. The van der Waals surface area contributed by atoms with E-state index in [0.717, 1.165) is 6.07 Å². The molecule has 2 rings (SSSR count). The van der Waals surface area contributed by atoms with Gasteiger partial charge in [-0.1, -0.05) is 17.6 Å². The Balaban J connectivity index is 2.61. The van der Waals surface area contributed by atoms with E-state index < -0.39 is 31.1 Å². The van der Waals surface area contributed by atoms with Crippen LogP contribution in [0.2, 0.25) is 5.15 Å². The summed E-state index contributed by atoms with van der Waals surface area (Å²) < 4.78 is 76.7. The van der Waals surface area contributed by atoms with Crippen molar-refractivity contribution in [1.82, 2.24) is 19.9 Å². The first-order valence-electron chi connectivity index (χ1n) is 9.18. The van der Waals surface area contributed by atoms with Gasteiger partial charge in [0.05, 0.1) is 2.74 Å². The summed E-state index contributed by atoms with van der Waals surface area (Å²) in [6.07, 6.45) is -5.12. The molecule has 0 bridgehead atoms. The molecule has 2 aromatic rings. The van der Waals surface area contributed by atoms with Gasteiger partial charge in [-0.2, -0.15) is 28.1 Å². The topological polar surface area (TPSA) is 75.6 Å². The van der Waals surface area contributed by atoms with Crippen molar-refractivity contribution in [2.45, 2.75) is 39.0 Å². The molecule has 0 spiro atoms. The minimum atomic E-state index is -5.12. The van der Waals surface area contributed by atoms with Gasteiger partial charge in [-0.3, -0.25) is 0 Å². The molecule has 0 aromatic carbocycles. The number of hydrogen-bond acceptors (Lipinski definition) is 6. The number of nitrogens with one attached hydrogen (secondary N) is 2. The van der Waals surface area contributed by atoms with E-state index in [9.17, 15) is 13.2 Å². The van der Waals surface area contributed by atoms with E-state index in [4.69, 9.17) is 18.5 Å². The first-order valence-corrected chi connectivity index (χ1v) is 7.06. The highest BCUT2D eigenvalue weighted by atomic mass is 35.5. The summed E-state index contributed by atoms with van der Waals surface area (Å²) in [4.78, 5) is 15.4. The molecule has 6 nitrogen and oxygen atoms in total. The molecule has 2 N–H and O–H groups in total. The van der Waals surface area contributed by atoms with Gasteiger partial charge in [0.1, 0.15) is 16.9 Å². The maximum atomic E-state index is 13.2. The smallest absolute Gasteiger partial charge is 0.352 e. The highest BCUT2D eigenvalue weighted by Crippen LogP contribution is 2.24. The van der Waals surface area contributed by atoms with Gasteiger partial charge in [0.25, 0.3) is 0 Å². The SMILES string of the molecule is [2H]c1cc(Cl)nc(-c2nc(NC(C)C)nc(N[C@H](C([2H])([2H])[2H])C(F)(F)F)n2)c1[2H]. The zero-order valence-corrected chi connectivity index (χ0v) is 13.3. The number of hydrogen-bond donors (Lipinski definition) is 2. The Morgan fingerprint density at radius 1 is 1.17 bits per heavy atom. The van der Waals surface area contributed by atoms with E-state index in [1.54, 1.807) is 19.2 Å². The highest BCUT2D eigenvalue weighted by Gasteiger charge is 2.36. The Kier molecular flexibility index (Phi) is 3.65. The summed E-state index contributed by atoms with van der Waals surface area (Å²) in [7, 11) is 0. The van der Waals surface area contributed by atoms with Gasteiger partial charge in [-0.15, -0.1) is 0 Å². The molecule has 1 atom stereocenters. The summed E-state index contributed by atoms with van der Waals surface area (Å²) >= 11 is 5.80. The molecule has 130 valence electrons. The van der Waals surface area contributed by atoms with E-state index in [0.29, 0.717) is 0 Å². The summed E-state index contributed by atoms with van der Waals surface area (Å²) in [6.45, 7) is -0.000127. The molecule has 0 amide bonds. The average molecular weight is 366 g/mol. The molecule has 0 saturated heterocycles. The van der Waals surface area contributed by atoms with Crippen LogP contribution in [0.15, 0.2) is 18.2 Å². The first-order chi connectivity index (χ1) is 13.2. The molecule has 24 heavy (non-hydrogen) atoms. The van der Waals surface area contributed by atoms with Crippen LogP contribution in [0, 0.1) is 0 Å². The number of anilines is 2. The second kappa shape index (κ2) is 7.16. The molecular weight excluding hydrogens is 345 g/mol. The lowest BCUT2D eigenvalue weighted by Crippen LogP contribution is -2.34. The lowest BCUT2D eigenvalue weighted by molar-refractivity contribution is -0.138. The fraction of sp³-hybridized carbons (Fsp3) is 0.429. The zero-order chi connectivity index (χ0) is 22.1. The van der Waals surface area contributed by atoms with Crippen LogP contribution in [0.4, 0.5) is 25.1 Å². The van der Waals surface area contributed by atoms with E-state index >= 15 is 0 Å². The predicted molar refractivity (Wildman–Crippen MR) is 86.0 cm³/mol. The fourth-order valence-corrected chi connectivity index (χ4v) is 1.66. The van der Waals surface area contributed by atoms with Crippen molar-refractivity contribution in [2.75, 3.05) is 10.6 Å². The van der Waals surface area contributed by atoms with Crippen molar-refractivity contribution in [1.29, 1.82) is 0 Å². The number of nitrogens with zero attached hydrogens (tertiary/aromatic N) is 4. The number of rotatable bonds is 5. The van der Waals surface area contributed by atoms with Crippen LogP contribution in [-0.2, 0) is 0 Å². The number of halogens is 4. The summed E-state index contributed by atoms with van der Waals surface area (Å²) in [5.41, 5.74) is -0.266. The number of alkyl halides is 3. The Bertz CT molecular complexity index is 879. The number of pyridine rings is 1. The van der Waals surface area contributed by atoms with Crippen LogP contribution in [0.1, 0.15) is 27.6 Å². The lowest BCUT2D eigenvalue weighted by atomic mass is 10.3. The van der Waals surface area contributed by atoms with Crippen LogP contribution >= 0.6 is 11.6 Å². The molecule has 0 aliphatic rings. The van der Waals surface area contributed by atoms with Crippen molar-refractivity contribution in [2.24, 2.45) is 0 Å². The fourth-order valence-electron chi connectivity index (χ4n) is 1.52. The summed E-state index contributed by atoms with van der Waals surface area (Å²) in [5, 5.41) is 4.39. The van der Waals surface area contributed by atoms with E-state index in [2.05, 4.69) is 25.3 Å². The van der Waals surface area contributed by atoms with Crippen molar-refractivity contribution >= 4 is 23.5 Å². The molecule has 2 aromatic heterocycles. The zero-order valence-electron chi connectivity index (χ0n) is 17.5. The first kappa shape index (κ1) is 12.2. The molecule has 0 aliphatic heterocycles. The standard InChI is InChI=1S/C14H16ClF3N6/c1-7(2)19-12-22-11(9-5-4-6-10(15)21-9)23-13(24-12)20-8(3)14(16,17)18/h4-8H,1-3H3,(H2,19,20,22,23,24)/t8-/m1/s1/i3D3,4D,5D. The quantitative estimate of drug-likeness (QED) is 0.785.